The smallest absolute Gasteiger partial charge is 0.0848 e. The molecule has 0 aromatic rings. The fourth-order valence-corrected chi connectivity index (χ4v) is 1.56. The van der Waals surface area contributed by atoms with Crippen molar-refractivity contribution in [3.8, 4) is 0 Å². The Hall–Kier alpha value is 0.210. The molecule has 1 rings (SSSR count). The van der Waals surface area contributed by atoms with Gasteiger partial charge in [-0.3, -0.25) is 4.90 Å². The highest BCUT2D eigenvalue weighted by molar-refractivity contribution is 6.20. The molecule has 0 saturated carbocycles. The minimum Gasteiger partial charge on any atom is -0.304 e. The molecule has 1 heterocycles. The molecular formula is C8H17ClN2. The number of piperazine rings is 1. The second kappa shape index (κ2) is 4.29. The molecule has 0 bridgehead atoms. The molecule has 0 amide bonds. The van der Waals surface area contributed by atoms with Crippen molar-refractivity contribution in [3.63, 3.8) is 0 Å². The quantitative estimate of drug-likeness (QED) is 0.461. The first-order chi connectivity index (χ1) is 5.24. The van der Waals surface area contributed by atoms with Crippen LogP contribution in [0.25, 0.3) is 0 Å². The van der Waals surface area contributed by atoms with Gasteiger partial charge >= 0.3 is 0 Å². The van der Waals surface area contributed by atoms with Crippen LogP contribution in [0.15, 0.2) is 0 Å². The molecule has 2 nitrogen and oxygen atoms in total. The van der Waals surface area contributed by atoms with Crippen LogP contribution in [0, 0.1) is 0 Å². The molecule has 1 atom stereocenters. The third-order valence-corrected chi connectivity index (χ3v) is 2.86. The van der Waals surface area contributed by atoms with E-state index in [9.17, 15) is 0 Å². The van der Waals surface area contributed by atoms with Gasteiger partial charge in [0.15, 0.2) is 0 Å². The Morgan fingerprint density at radius 3 is 2.27 bits per heavy atom. The van der Waals surface area contributed by atoms with Crippen molar-refractivity contribution in [2.24, 2.45) is 0 Å². The number of likely N-dealkylation sites (N-methyl/N-ethyl adjacent to an activating group) is 1. The number of nitrogens with zero attached hydrogens (tertiary/aromatic N) is 2. The standard InChI is InChI=1S/C8H17ClN2/c1-3-8(9)11-6-4-10(2)5-7-11/h8H,3-7H2,1-2H3. The van der Waals surface area contributed by atoms with Crippen LogP contribution in [-0.4, -0.2) is 48.5 Å². The second-order valence-electron chi connectivity index (χ2n) is 3.18. The van der Waals surface area contributed by atoms with Gasteiger partial charge < -0.3 is 4.90 Å². The van der Waals surface area contributed by atoms with Crippen LogP contribution >= 0.6 is 11.6 Å². The minimum absolute atomic E-state index is 0.253. The molecule has 1 aliphatic rings. The largest absolute Gasteiger partial charge is 0.304 e. The summed E-state index contributed by atoms with van der Waals surface area (Å²) in [5, 5.41) is 0. The molecule has 1 unspecified atom stereocenters. The predicted molar refractivity (Wildman–Crippen MR) is 49.0 cm³/mol. The summed E-state index contributed by atoms with van der Waals surface area (Å²) < 4.78 is 0. The summed E-state index contributed by atoms with van der Waals surface area (Å²) in [5.74, 6) is 0. The van der Waals surface area contributed by atoms with Crippen LogP contribution in [0.3, 0.4) is 0 Å². The molecule has 11 heavy (non-hydrogen) atoms. The molecule has 0 spiro atoms. The zero-order valence-corrected chi connectivity index (χ0v) is 8.14. The molecule has 0 radical (unpaired) electrons. The molecule has 1 aliphatic heterocycles. The van der Waals surface area contributed by atoms with Crippen molar-refractivity contribution in [1.29, 1.82) is 0 Å². The van der Waals surface area contributed by atoms with Gasteiger partial charge in [0.25, 0.3) is 0 Å². The van der Waals surface area contributed by atoms with Crippen molar-refractivity contribution in [2.75, 3.05) is 33.2 Å². The van der Waals surface area contributed by atoms with Crippen LogP contribution in [0.5, 0.6) is 0 Å². The molecule has 0 aromatic heterocycles. The summed E-state index contributed by atoms with van der Waals surface area (Å²) in [6.07, 6.45) is 1.05. The van der Waals surface area contributed by atoms with Crippen molar-refractivity contribution >= 4 is 11.6 Å². The zero-order valence-electron chi connectivity index (χ0n) is 7.39. The van der Waals surface area contributed by atoms with Gasteiger partial charge in [0.2, 0.25) is 0 Å². The monoisotopic (exact) mass is 176 g/mol. The van der Waals surface area contributed by atoms with E-state index in [1.54, 1.807) is 0 Å². The van der Waals surface area contributed by atoms with Gasteiger partial charge in [0.05, 0.1) is 5.50 Å². The molecule has 0 N–H and O–H groups in total. The fourth-order valence-electron chi connectivity index (χ4n) is 1.36. The van der Waals surface area contributed by atoms with Crippen LogP contribution in [0.4, 0.5) is 0 Å². The summed E-state index contributed by atoms with van der Waals surface area (Å²) in [6, 6.07) is 0. The highest BCUT2D eigenvalue weighted by Gasteiger charge is 2.18. The maximum Gasteiger partial charge on any atom is 0.0848 e. The average molecular weight is 177 g/mol. The third kappa shape index (κ3) is 2.62. The molecule has 3 heteroatoms. The predicted octanol–water partition coefficient (Wildman–Crippen LogP) is 1.21. The zero-order chi connectivity index (χ0) is 8.27. The summed E-state index contributed by atoms with van der Waals surface area (Å²) in [4.78, 5) is 4.69. The van der Waals surface area contributed by atoms with Gasteiger partial charge in [-0.15, -0.1) is 11.6 Å². The molecule has 1 fully saturated rings. The lowest BCUT2D eigenvalue weighted by atomic mass is 10.3. The van der Waals surface area contributed by atoms with E-state index >= 15 is 0 Å². The summed E-state index contributed by atoms with van der Waals surface area (Å²) in [5.41, 5.74) is 0.253. The van der Waals surface area contributed by atoms with Crippen LogP contribution < -0.4 is 0 Å². The molecule has 1 saturated heterocycles. The normalized spacial score (nSPS) is 25.4. The fraction of sp³-hybridized carbons (Fsp3) is 1.00. The SMILES string of the molecule is CCC(Cl)N1CCN(C)CC1. The van der Waals surface area contributed by atoms with E-state index in [-0.39, 0.29) is 5.50 Å². The maximum absolute atomic E-state index is 6.10. The highest BCUT2D eigenvalue weighted by atomic mass is 35.5. The van der Waals surface area contributed by atoms with Crippen molar-refractivity contribution < 1.29 is 0 Å². The lowest BCUT2D eigenvalue weighted by Crippen LogP contribution is -2.47. The molecule has 66 valence electrons. The van der Waals surface area contributed by atoms with Gasteiger partial charge in [0, 0.05) is 26.2 Å². The number of halogens is 1. The number of alkyl halides is 1. The van der Waals surface area contributed by atoms with E-state index in [2.05, 4.69) is 23.8 Å². The van der Waals surface area contributed by atoms with Gasteiger partial charge in [-0.25, -0.2) is 0 Å². The minimum atomic E-state index is 0.253. The van der Waals surface area contributed by atoms with E-state index in [4.69, 9.17) is 11.6 Å². The van der Waals surface area contributed by atoms with E-state index in [1.807, 2.05) is 0 Å². The first-order valence-corrected chi connectivity index (χ1v) is 4.74. The maximum atomic E-state index is 6.10. The lowest BCUT2D eigenvalue weighted by molar-refractivity contribution is 0.140. The van der Waals surface area contributed by atoms with E-state index in [1.165, 1.54) is 0 Å². The van der Waals surface area contributed by atoms with E-state index in [0.29, 0.717) is 0 Å². The van der Waals surface area contributed by atoms with E-state index in [0.717, 1.165) is 32.6 Å². The summed E-state index contributed by atoms with van der Waals surface area (Å²) >= 11 is 6.10. The van der Waals surface area contributed by atoms with Crippen molar-refractivity contribution in [3.05, 3.63) is 0 Å². The number of rotatable bonds is 2. The summed E-state index contributed by atoms with van der Waals surface area (Å²) in [7, 11) is 2.16. The Kier molecular flexibility index (Phi) is 3.63. The Morgan fingerprint density at radius 1 is 1.27 bits per heavy atom. The first kappa shape index (κ1) is 9.30. The molecule has 0 aliphatic carbocycles. The molecule has 0 aromatic carbocycles. The average Bonchev–Trinajstić information content (AvgIpc) is 2.05. The van der Waals surface area contributed by atoms with Crippen molar-refractivity contribution in [1.82, 2.24) is 9.80 Å². The second-order valence-corrected chi connectivity index (χ2v) is 3.69. The van der Waals surface area contributed by atoms with E-state index < -0.39 is 0 Å². The number of hydrogen-bond donors (Lipinski definition) is 0. The van der Waals surface area contributed by atoms with Crippen LogP contribution in [-0.2, 0) is 0 Å². The van der Waals surface area contributed by atoms with Gasteiger partial charge in [0.1, 0.15) is 0 Å². The van der Waals surface area contributed by atoms with Gasteiger partial charge in [-0.05, 0) is 13.5 Å². The number of hydrogen-bond acceptors (Lipinski definition) is 2. The van der Waals surface area contributed by atoms with Gasteiger partial charge in [-0.1, -0.05) is 6.92 Å². The summed E-state index contributed by atoms with van der Waals surface area (Å²) in [6.45, 7) is 6.69. The van der Waals surface area contributed by atoms with Crippen molar-refractivity contribution in [2.45, 2.75) is 18.8 Å². The van der Waals surface area contributed by atoms with Crippen LogP contribution in [0.1, 0.15) is 13.3 Å². The topological polar surface area (TPSA) is 6.48 Å². The Bertz CT molecular complexity index is 111. The first-order valence-electron chi connectivity index (χ1n) is 4.30. The lowest BCUT2D eigenvalue weighted by Gasteiger charge is -2.34. The van der Waals surface area contributed by atoms with Gasteiger partial charge in [-0.2, -0.15) is 0 Å². The molecular weight excluding hydrogens is 160 g/mol. The third-order valence-electron chi connectivity index (χ3n) is 2.27. The Labute approximate surface area is 74.1 Å². The van der Waals surface area contributed by atoms with Crippen LogP contribution in [0.2, 0.25) is 0 Å². The Balaban J connectivity index is 2.27. The Morgan fingerprint density at radius 2 is 1.82 bits per heavy atom. The highest BCUT2D eigenvalue weighted by Crippen LogP contribution is 2.11.